The predicted molar refractivity (Wildman–Crippen MR) is 101 cm³/mol. The molecule has 8 nitrogen and oxygen atoms in total. The number of nitrogens with zero attached hydrogens (tertiary/aromatic N) is 6. The molecule has 0 bridgehead atoms. The minimum absolute atomic E-state index is 0.199. The van der Waals surface area contributed by atoms with Gasteiger partial charge >= 0.3 is 0 Å². The number of nitrogens with one attached hydrogen (secondary N) is 1. The molecular weight excluding hydrogens is 342 g/mol. The van der Waals surface area contributed by atoms with E-state index >= 15 is 0 Å². The van der Waals surface area contributed by atoms with E-state index in [1.807, 2.05) is 49.6 Å². The second kappa shape index (κ2) is 6.79. The summed E-state index contributed by atoms with van der Waals surface area (Å²) in [4.78, 5) is 13.4. The lowest BCUT2D eigenvalue weighted by Gasteiger charge is -2.13. The molecule has 1 N–H and O–H groups in total. The minimum atomic E-state index is -0.199. The first-order valence-electron chi connectivity index (χ1n) is 8.94. The molecule has 0 unspecified atom stereocenters. The molecule has 0 aliphatic heterocycles. The van der Waals surface area contributed by atoms with Gasteiger partial charge in [0.05, 0.1) is 5.69 Å². The van der Waals surface area contributed by atoms with Gasteiger partial charge in [0.1, 0.15) is 17.6 Å². The van der Waals surface area contributed by atoms with Gasteiger partial charge in [-0.05, 0) is 39.3 Å². The maximum atomic E-state index is 5.44. The van der Waals surface area contributed by atoms with Crippen molar-refractivity contribution < 1.29 is 4.52 Å². The summed E-state index contributed by atoms with van der Waals surface area (Å²) in [5, 5.41) is 12.1. The average molecular weight is 363 g/mol. The molecule has 0 saturated carbocycles. The highest BCUT2D eigenvalue weighted by Gasteiger charge is 2.18. The van der Waals surface area contributed by atoms with Gasteiger partial charge in [-0.2, -0.15) is 14.6 Å². The lowest BCUT2D eigenvalue weighted by atomic mass is 10.2. The van der Waals surface area contributed by atoms with Gasteiger partial charge in [-0.3, -0.25) is 4.98 Å². The van der Waals surface area contributed by atoms with Crippen LogP contribution in [0.4, 0.5) is 5.82 Å². The monoisotopic (exact) mass is 363 g/mol. The fourth-order valence-corrected chi connectivity index (χ4v) is 2.86. The Kier molecular flexibility index (Phi) is 4.31. The molecule has 27 heavy (non-hydrogen) atoms. The Morgan fingerprint density at radius 2 is 2.07 bits per heavy atom. The molecule has 4 aromatic rings. The van der Waals surface area contributed by atoms with Crippen LogP contribution in [0, 0.1) is 13.8 Å². The molecule has 0 fully saturated rings. The molecule has 8 heteroatoms. The topological polar surface area (TPSA) is 94.0 Å². The normalized spacial score (nSPS) is 12.4. The van der Waals surface area contributed by atoms with Crippen LogP contribution in [0.1, 0.15) is 42.7 Å². The Bertz CT molecular complexity index is 1080. The number of hydrogen-bond donors (Lipinski definition) is 1. The quantitative estimate of drug-likeness (QED) is 0.579. The molecule has 4 aromatic heterocycles. The molecule has 0 amide bonds. The van der Waals surface area contributed by atoms with E-state index in [9.17, 15) is 0 Å². The standard InChI is InChI=1S/C19H21N7O/c1-5-14-10-16(26-18(22-14)11(2)12(3)24-26)21-13(4)19-23-17(25-27-19)15-8-6-7-9-20-15/h6-10,13,21H,5H2,1-4H3/t13-/m0/s1. The summed E-state index contributed by atoms with van der Waals surface area (Å²) in [6, 6.07) is 7.40. The maximum absolute atomic E-state index is 5.44. The first-order chi connectivity index (χ1) is 13.1. The van der Waals surface area contributed by atoms with Crippen molar-refractivity contribution in [2.75, 3.05) is 5.32 Å². The SMILES string of the molecule is CCc1cc(N[C@@H](C)c2nc(-c3ccccn3)no2)n2nc(C)c(C)c2n1. The van der Waals surface area contributed by atoms with Crippen LogP contribution in [0.2, 0.25) is 0 Å². The van der Waals surface area contributed by atoms with Crippen LogP contribution in [0.3, 0.4) is 0 Å². The third kappa shape index (κ3) is 3.14. The third-order valence-electron chi connectivity index (χ3n) is 4.54. The van der Waals surface area contributed by atoms with Crippen LogP contribution in [-0.2, 0) is 6.42 Å². The number of hydrogen-bond acceptors (Lipinski definition) is 7. The van der Waals surface area contributed by atoms with Crippen molar-refractivity contribution in [1.82, 2.24) is 29.7 Å². The summed E-state index contributed by atoms with van der Waals surface area (Å²) >= 11 is 0. The summed E-state index contributed by atoms with van der Waals surface area (Å²) in [7, 11) is 0. The van der Waals surface area contributed by atoms with E-state index in [2.05, 4.69) is 32.5 Å². The van der Waals surface area contributed by atoms with Crippen LogP contribution in [0.5, 0.6) is 0 Å². The van der Waals surface area contributed by atoms with Gasteiger partial charge in [0.2, 0.25) is 11.7 Å². The van der Waals surface area contributed by atoms with E-state index in [0.717, 1.165) is 34.8 Å². The number of rotatable bonds is 5. The molecule has 138 valence electrons. The van der Waals surface area contributed by atoms with Crippen molar-refractivity contribution in [2.45, 2.75) is 40.2 Å². The molecule has 1 atom stereocenters. The third-order valence-corrected chi connectivity index (χ3v) is 4.54. The Morgan fingerprint density at radius 3 is 2.81 bits per heavy atom. The zero-order valence-electron chi connectivity index (χ0n) is 15.8. The molecule has 4 heterocycles. The molecule has 0 aromatic carbocycles. The molecule has 0 aliphatic rings. The lowest BCUT2D eigenvalue weighted by molar-refractivity contribution is 0.367. The van der Waals surface area contributed by atoms with Crippen molar-refractivity contribution in [3.8, 4) is 11.5 Å². The zero-order valence-corrected chi connectivity index (χ0v) is 15.8. The molecule has 0 radical (unpaired) electrons. The van der Waals surface area contributed by atoms with Gasteiger partial charge in [0, 0.05) is 23.5 Å². The van der Waals surface area contributed by atoms with Crippen LogP contribution in [0.25, 0.3) is 17.2 Å². The number of aromatic nitrogens is 6. The van der Waals surface area contributed by atoms with E-state index in [0.29, 0.717) is 17.4 Å². The van der Waals surface area contributed by atoms with Gasteiger partial charge in [-0.1, -0.05) is 18.1 Å². The van der Waals surface area contributed by atoms with Gasteiger partial charge < -0.3 is 9.84 Å². The van der Waals surface area contributed by atoms with E-state index in [1.165, 1.54) is 0 Å². The highest BCUT2D eigenvalue weighted by molar-refractivity contribution is 5.56. The zero-order chi connectivity index (χ0) is 19.0. The van der Waals surface area contributed by atoms with Gasteiger partial charge in [-0.15, -0.1) is 0 Å². The van der Waals surface area contributed by atoms with Crippen molar-refractivity contribution in [3.63, 3.8) is 0 Å². The van der Waals surface area contributed by atoms with Gasteiger partial charge in [-0.25, -0.2) is 4.98 Å². The highest BCUT2D eigenvalue weighted by Crippen LogP contribution is 2.23. The Balaban J connectivity index is 1.66. The minimum Gasteiger partial charge on any atom is -0.358 e. The van der Waals surface area contributed by atoms with E-state index in [-0.39, 0.29) is 6.04 Å². The summed E-state index contributed by atoms with van der Waals surface area (Å²) in [5.41, 5.74) is 4.58. The number of pyridine rings is 1. The molecule has 0 saturated heterocycles. The molecule has 0 spiro atoms. The number of fused-ring (bicyclic) bond motifs is 1. The Morgan fingerprint density at radius 1 is 1.22 bits per heavy atom. The summed E-state index contributed by atoms with van der Waals surface area (Å²) in [5.74, 6) is 1.80. The molecular formula is C19H21N7O. The number of aryl methyl sites for hydroxylation is 3. The smallest absolute Gasteiger partial charge is 0.249 e. The summed E-state index contributed by atoms with van der Waals surface area (Å²) < 4.78 is 7.27. The number of anilines is 1. The van der Waals surface area contributed by atoms with Crippen LogP contribution < -0.4 is 5.32 Å². The second-order valence-corrected chi connectivity index (χ2v) is 6.47. The second-order valence-electron chi connectivity index (χ2n) is 6.47. The molecule has 0 aliphatic carbocycles. The van der Waals surface area contributed by atoms with Crippen LogP contribution >= 0.6 is 0 Å². The fourth-order valence-electron chi connectivity index (χ4n) is 2.86. The fraction of sp³-hybridized carbons (Fsp3) is 0.316. The van der Waals surface area contributed by atoms with Crippen molar-refractivity contribution in [1.29, 1.82) is 0 Å². The Hall–Kier alpha value is -3.29. The van der Waals surface area contributed by atoms with E-state index in [1.54, 1.807) is 6.20 Å². The van der Waals surface area contributed by atoms with Crippen molar-refractivity contribution in [2.24, 2.45) is 0 Å². The molecule has 4 rings (SSSR count). The first-order valence-corrected chi connectivity index (χ1v) is 8.94. The first kappa shape index (κ1) is 17.1. The predicted octanol–water partition coefficient (Wildman–Crippen LogP) is 3.53. The largest absolute Gasteiger partial charge is 0.358 e. The average Bonchev–Trinajstić information content (AvgIpc) is 3.29. The van der Waals surface area contributed by atoms with Gasteiger partial charge in [0.25, 0.3) is 0 Å². The lowest BCUT2D eigenvalue weighted by Crippen LogP contribution is -2.12. The van der Waals surface area contributed by atoms with E-state index in [4.69, 9.17) is 9.51 Å². The van der Waals surface area contributed by atoms with Crippen molar-refractivity contribution >= 4 is 11.5 Å². The van der Waals surface area contributed by atoms with Gasteiger partial charge in [0.15, 0.2) is 5.65 Å². The Labute approximate surface area is 156 Å². The summed E-state index contributed by atoms with van der Waals surface area (Å²) in [6.07, 6.45) is 2.54. The van der Waals surface area contributed by atoms with Crippen LogP contribution in [0.15, 0.2) is 35.0 Å². The van der Waals surface area contributed by atoms with Crippen LogP contribution in [-0.4, -0.2) is 29.7 Å². The summed E-state index contributed by atoms with van der Waals surface area (Å²) in [6.45, 7) is 8.08. The maximum Gasteiger partial charge on any atom is 0.249 e. The highest BCUT2D eigenvalue weighted by atomic mass is 16.5. The van der Waals surface area contributed by atoms with Crippen molar-refractivity contribution in [3.05, 3.63) is 53.3 Å². The van der Waals surface area contributed by atoms with E-state index < -0.39 is 0 Å².